The number of hydrogen-bond acceptors (Lipinski definition) is 3. The molecule has 102 valence electrons. The molecule has 1 atom stereocenters. The smallest absolute Gasteiger partial charge is 0.129 e. The van der Waals surface area contributed by atoms with E-state index < -0.39 is 0 Å². The van der Waals surface area contributed by atoms with Crippen molar-refractivity contribution in [2.75, 3.05) is 13.2 Å². The van der Waals surface area contributed by atoms with Crippen LogP contribution in [0.2, 0.25) is 5.15 Å². The van der Waals surface area contributed by atoms with Gasteiger partial charge in [-0.25, -0.2) is 4.98 Å². The summed E-state index contributed by atoms with van der Waals surface area (Å²) in [5.74, 6) is 0. The van der Waals surface area contributed by atoms with Crippen molar-refractivity contribution in [1.29, 1.82) is 0 Å². The van der Waals surface area contributed by atoms with Crippen molar-refractivity contribution >= 4 is 11.6 Å². The van der Waals surface area contributed by atoms with Crippen LogP contribution in [0.15, 0.2) is 18.3 Å². The Morgan fingerprint density at radius 3 is 2.83 bits per heavy atom. The molecule has 0 bridgehead atoms. The van der Waals surface area contributed by atoms with E-state index in [1.54, 1.807) is 6.20 Å². The van der Waals surface area contributed by atoms with Gasteiger partial charge in [-0.15, -0.1) is 0 Å². The molecule has 0 aliphatic carbocycles. The first-order chi connectivity index (χ1) is 8.44. The largest absolute Gasteiger partial charge is 0.396 e. The molecular formula is C14H23ClN2O. The zero-order chi connectivity index (χ0) is 13.6. The minimum Gasteiger partial charge on any atom is -0.396 e. The molecule has 0 saturated carbocycles. The molecule has 3 nitrogen and oxygen atoms in total. The Morgan fingerprint density at radius 2 is 2.22 bits per heavy atom. The van der Waals surface area contributed by atoms with Gasteiger partial charge in [0.15, 0.2) is 0 Å². The first-order valence-corrected chi connectivity index (χ1v) is 6.78. The van der Waals surface area contributed by atoms with Crippen molar-refractivity contribution in [3.05, 3.63) is 29.0 Å². The van der Waals surface area contributed by atoms with Crippen molar-refractivity contribution in [3.8, 4) is 0 Å². The van der Waals surface area contributed by atoms with Gasteiger partial charge in [-0.2, -0.15) is 0 Å². The maximum atomic E-state index is 9.17. The highest BCUT2D eigenvalue weighted by Crippen LogP contribution is 2.21. The van der Waals surface area contributed by atoms with Crippen LogP contribution < -0.4 is 5.32 Å². The van der Waals surface area contributed by atoms with E-state index in [2.05, 4.69) is 31.1 Å². The second kappa shape index (κ2) is 7.07. The van der Waals surface area contributed by atoms with Crippen LogP contribution >= 0.6 is 11.6 Å². The molecule has 1 aromatic heterocycles. The highest BCUT2D eigenvalue weighted by molar-refractivity contribution is 6.29. The van der Waals surface area contributed by atoms with Crippen molar-refractivity contribution in [3.63, 3.8) is 0 Å². The van der Waals surface area contributed by atoms with Crippen LogP contribution in [0.25, 0.3) is 0 Å². The van der Waals surface area contributed by atoms with E-state index in [0.717, 1.165) is 24.9 Å². The highest BCUT2D eigenvalue weighted by atomic mass is 35.5. The summed E-state index contributed by atoms with van der Waals surface area (Å²) in [6.45, 7) is 7.45. The Kier molecular flexibility index (Phi) is 6.06. The van der Waals surface area contributed by atoms with E-state index in [1.807, 2.05) is 12.1 Å². The summed E-state index contributed by atoms with van der Waals surface area (Å²) in [4.78, 5) is 3.97. The highest BCUT2D eigenvalue weighted by Gasteiger charge is 2.15. The van der Waals surface area contributed by atoms with Gasteiger partial charge in [0, 0.05) is 18.8 Å². The van der Waals surface area contributed by atoms with Gasteiger partial charge in [-0.3, -0.25) is 0 Å². The molecule has 0 spiro atoms. The summed E-state index contributed by atoms with van der Waals surface area (Å²) in [5.41, 5.74) is 1.17. The molecule has 1 aromatic rings. The lowest BCUT2D eigenvalue weighted by Crippen LogP contribution is -2.23. The average molecular weight is 271 g/mol. The van der Waals surface area contributed by atoms with E-state index in [-0.39, 0.29) is 18.1 Å². The zero-order valence-corrected chi connectivity index (χ0v) is 12.2. The molecule has 0 radical (unpaired) electrons. The van der Waals surface area contributed by atoms with Gasteiger partial charge >= 0.3 is 0 Å². The number of aliphatic hydroxyl groups excluding tert-OH is 1. The number of pyridine rings is 1. The summed E-state index contributed by atoms with van der Waals surface area (Å²) >= 11 is 5.86. The van der Waals surface area contributed by atoms with Crippen LogP contribution in [0, 0.1) is 5.41 Å². The molecule has 1 unspecified atom stereocenters. The summed E-state index contributed by atoms with van der Waals surface area (Å²) in [6.07, 6.45) is 3.79. The first kappa shape index (κ1) is 15.4. The van der Waals surface area contributed by atoms with E-state index >= 15 is 0 Å². The van der Waals surface area contributed by atoms with E-state index in [9.17, 15) is 0 Å². The predicted octanol–water partition coefficient (Wildman–Crippen LogP) is 3.18. The SMILES string of the molecule is CC(NCCCC(C)(C)CO)c1ccnc(Cl)c1. The van der Waals surface area contributed by atoms with Crippen LogP contribution in [0.5, 0.6) is 0 Å². The van der Waals surface area contributed by atoms with E-state index in [0.29, 0.717) is 5.15 Å². The molecule has 4 heteroatoms. The van der Waals surface area contributed by atoms with Crippen LogP contribution in [-0.2, 0) is 0 Å². The molecule has 0 fully saturated rings. The van der Waals surface area contributed by atoms with Gasteiger partial charge < -0.3 is 10.4 Å². The minimum absolute atomic E-state index is 0.0187. The molecule has 0 saturated heterocycles. The lowest BCUT2D eigenvalue weighted by molar-refractivity contribution is 0.147. The molecule has 2 N–H and O–H groups in total. The Morgan fingerprint density at radius 1 is 1.50 bits per heavy atom. The second-order valence-corrected chi connectivity index (χ2v) is 5.90. The van der Waals surface area contributed by atoms with Gasteiger partial charge in [0.05, 0.1) is 0 Å². The van der Waals surface area contributed by atoms with Crippen LogP contribution in [-0.4, -0.2) is 23.2 Å². The van der Waals surface area contributed by atoms with E-state index in [1.165, 1.54) is 0 Å². The number of aliphatic hydroxyl groups is 1. The maximum absolute atomic E-state index is 9.17. The third-order valence-electron chi connectivity index (χ3n) is 3.16. The van der Waals surface area contributed by atoms with Crippen LogP contribution in [0.3, 0.4) is 0 Å². The standard InChI is InChI=1S/C14H23ClN2O/c1-11(12-5-8-17-13(15)9-12)16-7-4-6-14(2,3)10-18/h5,8-9,11,16,18H,4,6-7,10H2,1-3H3. The molecule has 0 aliphatic rings. The molecule has 0 aromatic carbocycles. The Labute approximate surface area is 115 Å². The molecular weight excluding hydrogens is 248 g/mol. The molecule has 1 rings (SSSR count). The summed E-state index contributed by atoms with van der Waals surface area (Å²) < 4.78 is 0. The minimum atomic E-state index is 0.0187. The fraction of sp³-hybridized carbons (Fsp3) is 0.643. The number of rotatable bonds is 7. The average Bonchev–Trinajstić information content (AvgIpc) is 2.34. The Balaban J connectivity index is 2.32. The van der Waals surface area contributed by atoms with Crippen molar-refractivity contribution in [1.82, 2.24) is 10.3 Å². The van der Waals surface area contributed by atoms with Gasteiger partial charge in [0.2, 0.25) is 0 Å². The first-order valence-electron chi connectivity index (χ1n) is 6.40. The number of halogens is 1. The second-order valence-electron chi connectivity index (χ2n) is 5.51. The van der Waals surface area contributed by atoms with Gasteiger partial charge in [-0.05, 0) is 49.4 Å². The Bertz CT molecular complexity index is 369. The summed E-state index contributed by atoms with van der Waals surface area (Å²) in [7, 11) is 0. The maximum Gasteiger partial charge on any atom is 0.129 e. The van der Waals surface area contributed by atoms with Crippen molar-refractivity contribution < 1.29 is 5.11 Å². The third kappa shape index (κ3) is 5.34. The fourth-order valence-electron chi connectivity index (χ4n) is 1.77. The number of nitrogens with one attached hydrogen (secondary N) is 1. The van der Waals surface area contributed by atoms with Crippen LogP contribution in [0.1, 0.15) is 45.2 Å². The number of nitrogens with zero attached hydrogens (tertiary/aromatic N) is 1. The van der Waals surface area contributed by atoms with Crippen molar-refractivity contribution in [2.45, 2.75) is 39.7 Å². The molecule has 0 amide bonds. The monoisotopic (exact) mass is 270 g/mol. The fourth-order valence-corrected chi connectivity index (χ4v) is 1.95. The Hall–Kier alpha value is -0.640. The summed E-state index contributed by atoms with van der Waals surface area (Å²) in [6, 6.07) is 4.13. The lowest BCUT2D eigenvalue weighted by atomic mass is 9.89. The lowest BCUT2D eigenvalue weighted by Gasteiger charge is -2.22. The van der Waals surface area contributed by atoms with Crippen LogP contribution in [0.4, 0.5) is 0 Å². The quantitative estimate of drug-likeness (QED) is 0.591. The summed E-state index contributed by atoms with van der Waals surface area (Å²) in [5, 5.41) is 13.2. The predicted molar refractivity (Wildman–Crippen MR) is 75.8 cm³/mol. The molecule has 18 heavy (non-hydrogen) atoms. The topological polar surface area (TPSA) is 45.1 Å². The zero-order valence-electron chi connectivity index (χ0n) is 11.4. The normalized spacial score (nSPS) is 13.6. The molecule has 1 heterocycles. The van der Waals surface area contributed by atoms with Gasteiger partial charge in [0.1, 0.15) is 5.15 Å². The van der Waals surface area contributed by atoms with Gasteiger partial charge in [-0.1, -0.05) is 25.4 Å². The van der Waals surface area contributed by atoms with Gasteiger partial charge in [0.25, 0.3) is 0 Å². The third-order valence-corrected chi connectivity index (χ3v) is 3.37. The van der Waals surface area contributed by atoms with E-state index in [4.69, 9.17) is 16.7 Å². The number of hydrogen-bond donors (Lipinski definition) is 2. The van der Waals surface area contributed by atoms with Crippen molar-refractivity contribution in [2.24, 2.45) is 5.41 Å². The number of aromatic nitrogens is 1. The molecule has 0 aliphatic heterocycles.